The van der Waals surface area contributed by atoms with Crippen LogP contribution in [0.5, 0.6) is 0 Å². The lowest BCUT2D eigenvalue weighted by atomic mass is 10.2. The van der Waals surface area contributed by atoms with Crippen molar-refractivity contribution in [1.29, 1.82) is 5.26 Å². The van der Waals surface area contributed by atoms with Crippen LogP contribution in [0.25, 0.3) is 0 Å². The van der Waals surface area contributed by atoms with E-state index >= 15 is 0 Å². The van der Waals surface area contributed by atoms with Gasteiger partial charge in [-0.25, -0.2) is 4.39 Å². The van der Waals surface area contributed by atoms with Gasteiger partial charge in [0.15, 0.2) is 0 Å². The molecule has 0 unspecified atom stereocenters. The molecule has 0 spiro atoms. The van der Waals surface area contributed by atoms with Crippen molar-refractivity contribution in [3.63, 3.8) is 0 Å². The Labute approximate surface area is 91.5 Å². The number of carbonyl (C=O) groups is 1. The Morgan fingerprint density at radius 1 is 1.67 bits per heavy atom. The quantitative estimate of drug-likeness (QED) is 0.843. The van der Waals surface area contributed by atoms with Gasteiger partial charge in [-0.05, 0) is 25.1 Å². The highest BCUT2D eigenvalue weighted by Crippen LogP contribution is 2.18. The maximum Gasteiger partial charge on any atom is 0.241 e. The molecule has 0 aliphatic rings. The highest BCUT2D eigenvalue weighted by molar-refractivity contribution is 6.30. The number of benzene rings is 1. The molecule has 3 nitrogen and oxygen atoms in total. The van der Waals surface area contributed by atoms with E-state index < -0.39 is 17.6 Å². The molecule has 0 aliphatic carbocycles. The van der Waals surface area contributed by atoms with Crippen LogP contribution in [0.15, 0.2) is 18.2 Å². The molecule has 0 aromatic heterocycles. The zero-order valence-corrected chi connectivity index (χ0v) is 8.68. The van der Waals surface area contributed by atoms with Gasteiger partial charge in [-0.1, -0.05) is 11.6 Å². The van der Waals surface area contributed by atoms with Crippen LogP contribution in [0, 0.1) is 23.1 Å². The first-order valence-electron chi connectivity index (χ1n) is 4.20. The molecule has 1 aromatic rings. The maximum atomic E-state index is 13.0. The van der Waals surface area contributed by atoms with Crippen molar-refractivity contribution >= 4 is 23.2 Å². The Hall–Kier alpha value is -1.60. The number of rotatable bonds is 2. The van der Waals surface area contributed by atoms with Crippen LogP contribution in [-0.4, -0.2) is 5.91 Å². The largest absolute Gasteiger partial charge is 0.325 e. The van der Waals surface area contributed by atoms with E-state index in [-0.39, 0.29) is 10.7 Å². The minimum atomic E-state index is -0.774. The molecular formula is C10H8ClFN2O. The van der Waals surface area contributed by atoms with Crippen LogP contribution in [-0.2, 0) is 4.79 Å². The first-order chi connectivity index (χ1) is 7.04. The lowest BCUT2D eigenvalue weighted by molar-refractivity contribution is -0.117. The van der Waals surface area contributed by atoms with Crippen molar-refractivity contribution in [1.82, 2.24) is 0 Å². The molecule has 1 atom stereocenters. The van der Waals surface area contributed by atoms with Gasteiger partial charge in [-0.15, -0.1) is 0 Å². The second kappa shape index (κ2) is 4.76. The number of nitrogens with one attached hydrogen (secondary N) is 1. The highest BCUT2D eigenvalue weighted by atomic mass is 35.5. The minimum Gasteiger partial charge on any atom is -0.325 e. The predicted octanol–water partition coefficient (Wildman–Crippen LogP) is 2.58. The summed E-state index contributed by atoms with van der Waals surface area (Å²) in [4.78, 5) is 11.3. The summed E-state index contributed by atoms with van der Waals surface area (Å²) in [6.07, 6.45) is 0. The Kier molecular flexibility index (Phi) is 3.64. The van der Waals surface area contributed by atoms with E-state index in [1.165, 1.54) is 19.1 Å². The van der Waals surface area contributed by atoms with Gasteiger partial charge in [-0.2, -0.15) is 5.26 Å². The van der Waals surface area contributed by atoms with E-state index in [1.54, 1.807) is 6.07 Å². The van der Waals surface area contributed by atoms with Gasteiger partial charge in [0.05, 0.1) is 11.1 Å². The fourth-order valence-corrected chi connectivity index (χ4v) is 1.00. The van der Waals surface area contributed by atoms with E-state index in [9.17, 15) is 9.18 Å². The Bertz CT molecular complexity index is 428. The van der Waals surface area contributed by atoms with E-state index in [2.05, 4.69) is 5.32 Å². The Morgan fingerprint density at radius 2 is 2.33 bits per heavy atom. The standard InChI is InChI=1S/C10H8ClFN2O/c1-6(5-13)10(15)14-7-2-3-8(11)9(12)4-7/h2-4,6H,1H3,(H,14,15)/t6-/m0/s1. The fraction of sp³-hybridized carbons (Fsp3) is 0.200. The lowest BCUT2D eigenvalue weighted by Crippen LogP contribution is -2.18. The van der Waals surface area contributed by atoms with Crippen LogP contribution in [0.4, 0.5) is 10.1 Å². The van der Waals surface area contributed by atoms with Gasteiger partial charge in [-0.3, -0.25) is 4.79 Å². The third-order valence-corrected chi connectivity index (χ3v) is 2.08. The lowest BCUT2D eigenvalue weighted by Gasteiger charge is -2.06. The third-order valence-electron chi connectivity index (χ3n) is 1.77. The van der Waals surface area contributed by atoms with Crippen LogP contribution >= 0.6 is 11.6 Å². The van der Waals surface area contributed by atoms with Crippen molar-refractivity contribution < 1.29 is 9.18 Å². The number of nitrogens with zero attached hydrogens (tertiary/aromatic N) is 1. The van der Waals surface area contributed by atoms with Gasteiger partial charge in [0.25, 0.3) is 0 Å². The second-order valence-corrected chi connectivity index (χ2v) is 3.38. The molecule has 1 N–H and O–H groups in total. The van der Waals surface area contributed by atoms with E-state index in [4.69, 9.17) is 16.9 Å². The normalized spacial score (nSPS) is 11.6. The first kappa shape index (κ1) is 11.5. The van der Waals surface area contributed by atoms with Gasteiger partial charge in [0.2, 0.25) is 5.91 Å². The monoisotopic (exact) mass is 226 g/mol. The third kappa shape index (κ3) is 2.93. The molecule has 0 heterocycles. The number of halogens is 2. The van der Waals surface area contributed by atoms with Crippen LogP contribution in [0.3, 0.4) is 0 Å². The minimum absolute atomic E-state index is 0.0127. The molecule has 15 heavy (non-hydrogen) atoms. The summed E-state index contributed by atoms with van der Waals surface area (Å²) in [5.41, 5.74) is 0.281. The molecule has 0 fully saturated rings. The van der Waals surface area contributed by atoms with Crippen molar-refractivity contribution in [2.24, 2.45) is 5.92 Å². The molecule has 1 aromatic carbocycles. The van der Waals surface area contributed by atoms with Gasteiger partial charge in [0, 0.05) is 5.69 Å². The predicted molar refractivity (Wildman–Crippen MR) is 54.8 cm³/mol. The summed E-state index contributed by atoms with van der Waals surface area (Å²) in [6.45, 7) is 1.46. The Morgan fingerprint density at radius 3 is 2.87 bits per heavy atom. The summed E-state index contributed by atoms with van der Waals surface area (Å²) in [5.74, 6) is -1.86. The number of nitriles is 1. The number of hydrogen-bond donors (Lipinski definition) is 1. The summed E-state index contributed by atoms with van der Waals surface area (Å²) < 4.78 is 13.0. The summed E-state index contributed by atoms with van der Waals surface area (Å²) >= 11 is 5.47. The zero-order chi connectivity index (χ0) is 11.4. The first-order valence-corrected chi connectivity index (χ1v) is 4.58. The molecule has 1 rings (SSSR count). The SMILES string of the molecule is C[C@@H](C#N)C(=O)Nc1ccc(Cl)c(F)c1. The van der Waals surface area contributed by atoms with E-state index in [0.717, 1.165) is 6.07 Å². The molecule has 0 saturated carbocycles. The molecule has 0 radical (unpaired) electrons. The van der Waals surface area contributed by atoms with Gasteiger partial charge < -0.3 is 5.32 Å². The fourth-order valence-electron chi connectivity index (χ4n) is 0.883. The van der Waals surface area contributed by atoms with E-state index in [0.29, 0.717) is 0 Å². The number of carbonyl (C=O) groups excluding carboxylic acids is 1. The van der Waals surface area contributed by atoms with Gasteiger partial charge >= 0.3 is 0 Å². The smallest absolute Gasteiger partial charge is 0.241 e. The van der Waals surface area contributed by atoms with Crippen molar-refractivity contribution in [2.75, 3.05) is 5.32 Å². The summed E-state index contributed by atoms with van der Waals surface area (Å²) in [5, 5.41) is 10.9. The molecule has 0 aliphatic heterocycles. The highest BCUT2D eigenvalue weighted by Gasteiger charge is 2.12. The molecule has 78 valence electrons. The van der Waals surface area contributed by atoms with Crippen molar-refractivity contribution in [3.05, 3.63) is 29.0 Å². The van der Waals surface area contributed by atoms with Crippen LogP contribution < -0.4 is 5.32 Å². The van der Waals surface area contributed by atoms with Crippen LogP contribution in [0.2, 0.25) is 5.02 Å². The molecule has 1 amide bonds. The van der Waals surface area contributed by atoms with E-state index in [1.807, 2.05) is 0 Å². The molecule has 0 bridgehead atoms. The summed E-state index contributed by atoms with van der Waals surface area (Å²) in [6, 6.07) is 5.68. The average Bonchev–Trinajstić information content (AvgIpc) is 2.22. The zero-order valence-electron chi connectivity index (χ0n) is 7.92. The maximum absolute atomic E-state index is 13.0. The number of anilines is 1. The summed E-state index contributed by atoms with van der Waals surface area (Å²) in [7, 11) is 0. The number of hydrogen-bond acceptors (Lipinski definition) is 2. The molecule has 0 saturated heterocycles. The average molecular weight is 227 g/mol. The molecular weight excluding hydrogens is 219 g/mol. The number of amides is 1. The van der Waals surface area contributed by atoms with Gasteiger partial charge in [0.1, 0.15) is 11.7 Å². The van der Waals surface area contributed by atoms with Crippen molar-refractivity contribution in [2.45, 2.75) is 6.92 Å². The second-order valence-electron chi connectivity index (χ2n) is 2.97. The Balaban J connectivity index is 2.78. The van der Waals surface area contributed by atoms with Crippen LogP contribution in [0.1, 0.15) is 6.92 Å². The molecule has 5 heteroatoms. The van der Waals surface area contributed by atoms with Crippen molar-refractivity contribution in [3.8, 4) is 6.07 Å². The topological polar surface area (TPSA) is 52.9 Å².